The van der Waals surface area contributed by atoms with Crippen LogP contribution in [0.2, 0.25) is 0 Å². The fourth-order valence-electron chi connectivity index (χ4n) is 1.73. The van der Waals surface area contributed by atoms with E-state index in [4.69, 9.17) is 0 Å². The van der Waals surface area contributed by atoms with Crippen molar-refractivity contribution < 1.29 is 4.79 Å². The number of hydrogen-bond acceptors (Lipinski definition) is 5. The first-order valence-electron chi connectivity index (χ1n) is 6.61. The van der Waals surface area contributed by atoms with E-state index in [0.717, 1.165) is 17.1 Å². The molecule has 1 amide bonds. The number of hydrogen-bond donors (Lipinski definition) is 1. The van der Waals surface area contributed by atoms with Crippen LogP contribution in [0.4, 0.5) is 0 Å². The van der Waals surface area contributed by atoms with Gasteiger partial charge in [-0.15, -0.1) is 5.10 Å². The molecule has 6 heteroatoms. The minimum atomic E-state index is -0.287. The van der Waals surface area contributed by atoms with Crippen molar-refractivity contribution in [1.29, 1.82) is 0 Å². The first-order valence-corrected chi connectivity index (χ1v) is 7.38. The van der Waals surface area contributed by atoms with E-state index < -0.39 is 0 Å². The molecule has 0 bridgehead atoms. The molecule has 1 heterocycles. The molecule has 0 radical (unpaired) electrons. The van der Waals surface area contributed by atoms with Gasteiger partial charge in [-0.3, -0.25) is 4.79 Å². The number of nitrogens with zero attached hydrogens (tertiary/aromatic N) is 3. The number of carbonyl (C=O) groups excluding carboxylic acids is 1. The third kappa shape index (κ3) is 3.95. The second kappa shape index (κ2) is 6.13. The van der Waals surface area contributed by atoms with Crippen molar-refractivity contribution in [3.8, 4) is 0 Å². The topological polar surface area (TPSA) is 67.2 Å². The van der Waals surface area contributed by atoms with Gasteiger partial charge in [-0.25, -0.2) is 5.43 Å². The molecule has 0 unspecified atom stereocenters. The zero-order valence-corrected chi connectivity index (χ0v) is 13.4. The molecular weight excluding hydrogens is 284 g/mol. The first-order chi connectivity index (χ1) is 9.88. The van der Waals surface area contributed by atoms with Gasteiger partial charge in [0.2, 0.25) is 0 Å². The van der Waals surface area contributed by atoms with Crippen molar-refractivity contribution in [2.24, 2.45) is 5.10 Å². The van der Waals surface area contributed by atoms with Crippen LogP contribution < -0.4 is 5.43 Å². The Hall–Kier alpha value is -2.08. The van der Waals surface area contributed by atoms with Crippen molar-refractivity contribution >= 4 is 23.7 Å². The Balaban J connectivity index is 1.99. The van der Waals surface area contributed by atoms with E-state index in [-0.39, 0.29) is 11.3 Å². The van der Waals surface area contributed by atoms with Crippen LogP contribution in [0.25, 0.3) is 0 Å². The molecule has 110 valence electrons. The number of rotatable bonds is 3. The monoisotopic (exact) mass is 302 g/mol. The fraction of sp³-hybridized carbons (Fsp3) is 0.333. The van der Waals surface area contributed by atoms with Gasteiger partial charge in [0.25, 0.3) is 5.91 Å². The molecule has 0 spiro atoms. The smallest absolute Gasteiger partial charge is 0.266 e. The van der Waals surface area contributed by atoms with Crippen LogP contribution in [0.5, 0.6) is 0 Å². The molecule has 0 saturated heterocycles. The van der Waals surface area contributed by atoms with Crippen LogP contribution in [0.15, 0.2) is 29.4 Å². The zero-order valence-electron chi connectivity index (χ0n) is 12.5. The maximum Gasteiger partial charge on any atom is 0.285 e. The standard InChI is InChI=1S/C15H18N4OS/c1-10-13(21-19-17-10)14(20)18-16-9-11-5-7-12(8-6-11)15(2,3)4/h5-9H,1-4H3,(H,18,20)/b16-9+. The molecule has 0 saturated carbocycles. The Bertz CT molecular complexity index is 653. The summed E-state index contributed by atoms with van der Waals surface area (Å²) in [6.45, 7) is 8.25. The van der Waals surface area contributed by atoms with Crippen LogP contribution in [-0.2, 0) is 5.41 Å². The average molecular weight is 302 g/mol. The molecule has 2 rings (SSSR count). The minimum Gasteiger partial charge on any atom is -0.266 e. The quantitative estimate of drug-likeness (QED) is 0.700. The largest absolute Gasteiger partial charge is 0.285 e. The Kier molecular flexibility index (Phi) is 4.47. The maximum absolute atomic E-state index is 11.8. The van der Waals surface area contributed by atoms with Gasteiger partial charge in [0, 0.05) is 0 Å². The van der Waals surface area contributed by atoms with E-state index >= 15 is 0 Å². The molecule has 0 fully saturated rings. The molecule has 0 atom stereocenters. The van der Waals surface area contributed by atoms with Crippen LogP contribution in [-0.4, -0.2) is 21.7 Å². The van der Waals surface area contributed by atoms with Gasteiger partial charge in [-0.2, -0.15) is 5.10 Å². The highest BCUT2D eigenvalue weighted by Gasteiger charge is 2.13. The lowest BCUT2D eigenvalue weighted by Crippen LogP contribution is -2.17. The molecule has 0 aliphatic heterocycles. The number of amides is 1. The van der Waals surface area contributed by atoms with Gasteiger partial charge in [0.05, 0.1) is 11.9 Å². The predicted molar refractivity (Wildman–Crippen MR) is 84.8 cm³/mol. The van der Waals surface area contributed by atoms with Gasteiger partial charge in [-0.05, 0) is 35.0 Å². The molecular formula is C15H18N4OS. The molecule has 1 aromatic carbocycles. The fourth-order valence-corrected chi connectivity index (χ4v) is 2.27. The van der Waals surface area contributed by atoms with E-state index in [1.807, 2.05) is 12.1 Å². The maximum atomic E-state index is 11.8. The predicted octanol–water partition coefficient (Wildman–Crippen LogP) is 2.91. The van der Waals surface area contributed by atoms with Gasteiger partial charge >= 0.3 is 0 Å². The lowest BCUT2D eigenvalue weighted by Gasteiger charge is -2.18. The zero-order chi connectivity index (χ0) is 15.5. The van der Waals surface area contributed by atoms with E-state index in [1.165, 1.54) is 5.56 Å². The summed E-state index contributed by atoms with van der Waals surface area (Å²) in [7, 11) is 0. The Morgan fingerprint density at radius 1 is 1.29 bits per heavy atom. The molecule has 0 aliphatic rings. The molecule has 21 heavy (non-hydrogen) atoms. The van der Waals surface area contributed by atoms with Crippen LogP contribution >= 0.6 is 11.5 Å². The van der Waals surface area contributed by atoms with Crippen molar-refractivity contribution in [1.82, 2.24) is 15.0 Å². The number of hydrazone groups is 1. The Morgan fingerprint density at radius 2 is 1.95 bits per heavy atom. The number of benzene rings is 1. The van der Waals surface area contributed by atoms with E-state index in [9.17, 15) is 4.79 Å². The van der Waals surface area contributed by atoms with Gasteiger partial charge in [-0.1, -0.05) is 49.5 Å². The van der Waals surface area contributed by atoms with Crippen molar-refractivity contribution in [3.05, 3.63) is 46.0 Å². The summed E-state index contributed by atoms with van der Waals surface area (Å²) in [5.41, 5.74) is 5.41. The third-order valence-corrected chi connectivity index (χ3v) is 3.84. The van der Waals surface area contributed by atoms with Crippen LogP contribution in [0.3, 0.4) is 0 Å². The number of aryl methyl sites for hydroxylation is 1. The van der Waals surface area contributed by atoms with Crippen molar-refractivity contribution in [3.63, 3.8) is 0 Å². The summed E-state index contributed by atoms with van der Waals surface area (Å²) in [6, 6.07) is 8.10. The summed E-state index contributed by atoms with van der Waals surface area (Å²) in [4.78, 5) is 12.3. The highest BCUT2D eigenvalue weighted by Crippen LogP contribution is 2.21. The molecule has 2 aromatic rings. The van der Waals surface area contributed by atoms with Crippen molar-refractivity contribution in [2.75, 3.05) is 0 Å². The summed E-state index contributed by atoms with van der Waals surface area (Å²) in [5, 5.41) is 7.75. The second-order valence-corrected chi connectivity index (χ2v) is 6.51. The summed E-state index contributed by atoms with van der Waals surface area (Å²) in [6.07, 6.45) is 1.62. The highest BCUT2D eigenvalue weighted by molar-refractivity contribution is 7.07. The van der Waals surface area contributed by atoms with Gasteiger partial charge in [0.15, 0.2) is 0 Å². The first kappa shape index (κ1) is 15.3. The Morgan fingerprint density at radius 3 is 2.48 bits per heavy atom. The Labute approximate surface area is 128 Å². The second-order valence-electron chi connectivity index (χ2n) is 5.76. The van der Waals surface area contributed by atoms with E-state index in [0.29, 0.717) is 10.6 Å². The number of aromatic nitrogens is 2. The lowest BCUT2D eigenvalue weighted by molar-refractivity contribution is 0.0958. The SMILES string of the molecule is Cc1nnsc1C(=O)N/N=C/c1ccc(C(C)(C)C)cc1. The van der Waals surface area contributed by atoms with Gasteiger partial charge < -0.3 is 0 Å². The normalized spacial score (nSPS) is 11.8. The van der Waals surface area contributed by atoms with Gasteiger partial charge in [0.1, 0.15) is 4.88 Å². The lowest BCUT2D eigenvalue weighted by atomic mass is 9.87. The summed E-state index contributed by atoms with van der Waals surface area (Å²) < 4.78 is 3.72. The molecule has 1 aromatic heterocycles. The van der Waals surface area contributed by atoms with E-state index in [2.05, 4.69) is 53.0 Å². The van der Waals surface area contributed by atoms with E-state index in [1.54, 1.807) is 13.1 Å². The van der Waals surface area contributed by atoms with Crippen LogP contribution in [0.1, 0.15) is 47.3 Å². The minimum absolute atomic E-state index is 0.126. The molecule has 1 N–H and O–H groups in total. The van der Waals surface area contributed by atoms with Crippen molar-refractivity contribution in [2.45, 2.75) is 33.1 Å². The highest BCUT2D eigenvalue weighted by atomic mass is 32.1. The number of carbonyl (C=O) groups is 1. The molecule has 0 aliphatic carbocycles. The average Bonchev–Trinajstić information content (AvgIpc) is 2.84. The third-order valence-electron chi connectivity index (χ3n) is 3.01. The number of nitrogens with one attached hydrogen (secondary N) is 1. The summed E-state index contributed by atoms with van der Waals surface area (Å²) >= 11 is 1.06. The van der Waals surface area contributed by atoms with Crippen LogP contribution in [0, 0.1) is 6.92 Å². The summed E-state index contributed by atoms with van der Waals surface area (Å²) in [5.74, 6) is -0.287. The molecule has 5 nitrogen and oxygen atoms in total.